The van der Waals surface area contributed by atoms with E-state index in [1.807, 2.05) is 0 Å². The summed E-state index contributed by atoms with van der Waals surface area (Å²) < 4.78 is 28.2. The minimum absolute atomic E-state index is 0.0135. The molecule has 1 heterocycles. The molecular weight excluding hydrogens is 466 g/mol. The Bertz CT molecular complexity index is 2380. The molecular formula is C28H12F2N2O4+2. The zero-order valence-electron chi connectivity index (χ0n) is 18.2. The van der Waals surface area contributed by atoms with Crippen molar-refractivity contribution >= 4 is 65.2 Å². The van der Waals surface area contributed by atoms with Crippen molar-refractivity contribution in [2.24, 2.45) is 0 Å². The summed E-state index contributed by atoms with van der Waals surface area (Å²) >= 11 is 0. The van der Waals surface area contributed by atoms with E-state index in [1.165, 1.54) is 12.1 Å². The summed E-state index contributed by atoms with van der Waals surface area (Å²) in [6.45, 7) is 0. The van der Waals surface area contributed by atoms with E-state index in [1.54, 1.807) is 36.4 Å². The van der Waals surface area contributed by atoms with Crippen molar-refractivity contribution in [1.82, 2.24) is 0 Å². The number of rotatable bonds is 0. The van der Waals surface area contributed by atoms with Crippen molar-refractivity contribution in [3.05, 3.63) is 113 Å². The second-order valence-corrected chi connectivity index (χ2v) is 8.72. The molecule has 0 spiro atoms. The van der Waals surface area contributed by atoms with Gasteiger partial charge in [0.25, 0.3) is 22.1 Å². The topological polar surface area (TPSA) is 96.6 Å². The van der Waals surface area contributed by atoms with Crippen LogP contribution in [-0.2, 0) is 0 Å². The van der Waals surface area contributed by atoms with Gasteiger partial charge in [-0.05, 0) is 24.3 Å². The molecule has 8 heteroatoms. The minimum atomic E-state index is -1.36. The van der Waals surface area contributed by atoms with Crippen molar-refractivity contribution < 1.29 is 18.7 Å². The standard InChI is InChI=1S/C28H10F2N2O4/c29-16-8-5-13-19(22(16)30)27(35)15-7-10-18-24(21(15)28(13)36)32-17-9-6-14-20(23(17)31-18)26(34)12-4-2-1-3-11(12)25(14)33/h1-10H/p+2. The highest BCUT2D eigenvalue weighted by molar-refractivity contribution is 6.10. The molecule has 0 aliphatic heterocycles. The predicted molar refractivity (Wildman–Crippen MR) is 132 cm³/mol. The summed E-state index contributed by atoms with van der Waals surface area (Å²) in [5.74, 6) is -2.57. The van der Waals surface area contributed by atoms with E-state index >= 15 is 0 Å². The highest BCUT2D eigenvalue weighted by atomic mass is 19.2. The highest BCUT2D eigenvalue weighted by Crippen LogP contribution is 2.23. The van der Waals surface area contributed by atoms with Crippen LogP contribution < -0.4 is 31.7 Å². The fraction of sp³-hybridized carbons (Fsp3) is 0. The fourth-order valence-electron chi connectivity index (χ4n) is 5.18. The first-order valence-electron chi connectivity index (χ1n) is 11.0. The minimum Gasteiger partial charge on any atom is -0.289 e. The number of nitrogens with one attached hydrogen (secondary N) is 2. The number of benzene rings is 6. The van der Waals surface area contributed by atoms with Gasteiger partial charge in [0.15, 0.2) is 22.5 Å². The molecule has 170 valence electrons. The smallest absolute Gasteiger partial charge is 0.288 e. The largest absolute Gasteiger partial charge is 0.289 e. The molecule has 0 atom stereocenters. The summed E-state index contributed by atoms with van der Waals surface area (Å²) in [7, 11) is 0. The summed E-state index contributed by atoms with van der Waals surface area (Å²) in [6.07, 6.45) is 0. The molecule has 0 aliphatic carbocycles. The van der Waals surface area contributed by atoms with Crippen LogP contribution in [0.2, 0.25) is 0 Å². The molecule has 0 saturated carbocycles. The third kappa shape index (κ3) is 2.42. The van der Waals surface area contributed by atoms with Gasteiger partial charge in [-0.2, -0.15) is 9.97 Å². The number of hydrogen-bond donors (Lipinski definition) is 0. The van der Waals surface area contributed by atoms with Gasteiger partial charge < -0.3 is 0 Å². The van der Waals surface area contributed by atoms with Crippen LogP contribution in [0.15, 0.2) is 79.8 Å². The lowest BCUT2D eigenvalue weighted by Gasteiger charge is -2.03. The zero-order valence-corrected chi connectivity index (χ0v) is 18.2. The van der Waals surface area contributed by atoms with E-state index in [9.17, 15) is 28.0 Å². The predicted octanol–water partition coefficient (Wildman–Crippen LogP) is 2.83. The molecule has 0 amide bonds. The van der Waals surface area contributed by atoms with Crippen LogP contribution in [0.1, 0.15) is 0 Å². The maximum atomic E-state index is 14.4. The van der Waals surface area contributed by atoms with Gasteiger partial charge in [-0.15, -0.1) is 0 Å². The Balaban J connectivity index is 1.70. The summed E-state index contributed by atoms with van der Waals surface area (Å²) in [5, 5.41) is 0.228. The Morgan fingerprint density at radius 2 is 0.917 bits per heavy atom. The van der Waals surface area contributed by atoms with Crippen molar-refractivity contribution in [3.63, 3.8) is 0 Å². The van der Waals surface area contributed by atoms with Crippen LogP contribution in [-0.4, -0.2) is 0 Å². The molecule has 2 N–H and O–H groups in total. The Kier molecular flexibility index (Phi) is 3.85. The second-order valence-electron chi connectivity index (χ2n) is 8.72. The Labute approximate surface area is 197 Å². The SMILES string of the molecule is O=c1c2ccccc2c(=O)c2c1ccc1[nH+]c3c(ccc4c(=O)c5c(F)c(F)ccc5c(=O)c43)[nH+]c12. The normalized spacial score (nSPS) is 12.1. The fourth-order valence-corrected chi connectivity index (χ4v) is 5.18. The molecule has 36 heavy (non-hydrogen) atoms. The first-order valence-corrected chi connectivity index (χ1v) is 11.0. The van der Waals surface area contributed by atoms with Gasteiger partial charge in [0.05, 0.1) is 5.39 Å². The Morgan fingerprint density at radius 1 is 0.472 bits per heavy atom. The molecule has 0 fully saturated rings. The summed E-state index contributed by atoms with van der Waals surface area (Å²) in [6, 6.07) is 14.5. The van der Waals surface area contributed by atoms with Crippen molar-refractivity contribution in [2.45, 2.75) is 0 Å². The van der Waals surface area contributed by atoms with Gasteiger partial charge >= 0.3 is 0 Å². The van der Waals surface area contributed by atoms with E-state index in [0.717, 1.165) is 12.1 Å². The molecule has 0 aliphatic rings. The third-order valence-electron chi connectivity index (χ3n) is 6.86. The van der Waals surface area contributed by atoms with Crippen molar-refractivity contribution in [2.75, 3.05) is 0 Å². The van der Waals surface area contributed by atoms with Gasteiger partial charge in [-0.3, -0.25) is 19.2 Å². The maximum Gasteiger partial charge on any atom is 0.288 e. The number of H-pyrrole nitrogens is 2. The molecule has 7 aromatic rings. The number of halogens is 2. The number of aromatic amines is 2. The molecule has 0 saturated heterocycles. The van der Waals surface area contributed by atoms with Gasteiger partial charge in [0.1, 0.15) is 10.8 Å². The van der Waals surface area contributed by atoms with E-state index in [2.05, 4.69) is 9.97 Å². The lowest BCUT2D eigenvalue weighted by Crippen LogP contribution is -2.24. The molecule has 1 aromatic heterocycles. The van der Waals surface area contributed by atoms with E-state index in [-0.39, 0.29) is 43.3 Å². The Hall–Kier alpha value is -4.98. The zero-order chi connectivity index (χ0) is 24.9. The van der Waals surface area contributed by atoms with Crippen LogP contribution in [0.3, 0.4) is 0 Å². The van der Waals surface area contributed by atoms with Crippen molar-refractivity contribution in [3.8, 4) is 0 Å². The average molecular weight is 478 g/mol. The Morgan fingerprint density at radius 3 is 1.53 bits per heavy atom. The van der Waals surface area contributed by atoms with Crippen LogP contribution in [0.4, 0.5) is 8.78 Å². The molecule has 6 nitrogen and oxygen atoms in total. The lowest BCUT2D eigenvalue weighted by molar-refractivity contribution is -0.359. The molecule has 7 rings (SSSR count). The summed E-state index contributed by atoms with van der Waals surface area (Å²) in [4.78, 5) is 59.1. The quantitative estimate of drug-likeness (QED) is 0.247. The van der Waals surface area contributed by atoms with Gasteiger partial charge in [0.2, 0.25) is 10.9 Å². The van der Waals surface area contributed by atoms with Crippen LogP contribution >= 0.6 is 0 Å². The lowest BCUT2D eigenvalue weighted by atomic mass is 9.99. The van der Waals surface area contributed by atoms with E-state index < -0.39 is 27.9 Å². The van der Waals surface area contributed by atoms with Gasteiger partial charge in [-0.25, -0.2) is 8.78 Å². The molecule has 0 unspecified atom stereocenters. The first-order chi connectivity index (χ1) is 17.4. The average Bonchev–Trinajstić information content (AvgIpc) is 2.89. The van der Waals surface area contributed by atoms with E-state index in [0.29, 0.717) is 27.3 Å². The van der Waals surface area contributed by atoms with Crippen LogP contribution in [0.25, 0.3) is 65.2 Å². The maximum absolute atomic E-state index is 14.4. The second kappa shape index (κ2) is 6.79. The van der Waals surface area contributed by atoms with Gasteiger partial charge in [-0.1, -0.05) is 24.3 Å². The van der Waals surface area contributed by atoms with Crippen molar-refractivity contribution in [1.29, 1.82) is 0 Å². The number of aromatic nitrogens is 2. The molecule has 0 bridgehead atoms. The van der Waals surface area contributed by atoms with Gasteiger partial charge in [0, 0.05) is 39.1 Å². The first kappa shape index (κ1) is 20.4. The molecule has 0 radical (unpaired) electrons. The third-order valence-corrected chi connectivity index (χ3v) is 6.86. The van der Waals surface area contributed by atoms with Crippen LogP contribution in [0.5, 0.6) is 0 Å². The highest BCUT2D eigenvalue weighted by Gasteiger charge is 2.26. The number of fused-ring (bicyclic) bond motifs is 8. The summed E-state index contributed by atoms with van der Waals surface area (Å²) in [5.41, 5.74) is -0.564. The van der Waals surface area contributed by atoms with Crippen LogP contribution in [0, 0.1) is 11.6 Å². The molecule has 6 aromatic carbocycles. The van der Waals surface area contributed by atoms with E-state index in [4.69, 9.17) is 0 Å². The number of hydrogen-bond acceptors (Lipinski definition) is 4. The monoisotopic (exact) mass is 478 g/mol.